The number of benzene rings is 1. The van der Waals surface area contributed by atoms with E-state index in [-0.39, 0.29) is 42.0 Å². The lowest BCUT2D eigenvalue weighted by Gasteiger charge is -2.26. The second-order valence-corrected chi connectivity index (χ2v) is 9.53. The number of hydrogen-bond donors (Lipinski definition) is 3. The van der Waals surface area contributed by atoms with Crippen molar-refractivity contribution in [3.8, 4) is 0 Å². The van der Waals surface area contributed by atoms with Gasteiger partial charge in [-0.25, -0.2) is 8.42 Å². The van der Waals surface area contributed by atoms with Gasteiger partial charge in [-0.15, -0.1) is 24.0 Å². The number of aliphatic hydroxyl groups is 1. The molecule has 1 aliphatic heterocycles. The Morgan fingerprint density at radius 2 is 1.82 bits per heavy atom. The number of halogens is 3. The minimum atomic E-state index is -2.86. The van der Waals surface area contributed by atoms with Crippen molar-refractivity contribution >= 4 is 63.0 Å². The van der Waals surface area contributed by atoms with E-state index >= 15 is 0 Å². The molecule has 0 spiro atoms. The van der Waals surface area contributed by atoms with Crippen LogP contribution in [0.4, 0.5) is 0 Å². The summed E-state index contributed by atoms with van der Waals surface area (Å²) in [5, 5.41) is 17.6. The van der Waals surface area contributed by atoms with Crippen LogP contribution in [0.15, 0.2) is 23.2 Å². The Labute approximate surface area is 193 Å². The van der Waals surface area contributed by atoms with Gasteiger partial charge in [0.25, 0.3) is 0 Å². The molecule has 28 heavy (non-hydrogen) atoms. The number of nitrogens with zero attached hydrogens (tertiary/aromatic N) is 2. The van der Waals surface area contributed by atoms with Gasteiger partial charge in [0.1, 0.15) is 0 Å². The third kappa shape index (κ3) is 9.00. The molecular weight excluding hydrogens is 538 g/mol. The van der Waals surface area contributed by atoms with E-state index in [0.717, 1.165) is 6.54 Å². The fraction of sp³-hybridized carbons (Fsp3) is 0.588. The van der Waals surface area contributed by atoms with Crippen LogP contribution in [0.3, 0.4) is 0 Å². The highest BCUT2D eigenvalue weighted by atomic mass is 127. The average molecular weight is 565 g/mol. The van der Waals surface area contributed by atoms with E-state index in [2.05, 4.69) is 20.5 Å². The van der Waals surface area contributed by atoms with Gasteiger partial charge in [0.15, 0.2) is 15.8 Å². The Morgan fingerprint density at radius 3 is 2.39 bits per heavy atom. The van der Waals surface area contributed by atoms with Gasteiger partial charge < -0.3 is 15.7 Å². The van der Waals surface area contributed by atoms with E-state index in [1.165, 1.54) is 0 Å². The second kappa shape index (κ2) is 12.4. The van der Waals surface area contributed by atoms with Crippen LogP contribution in [-0.2, 0) is 9.84 Å². The standard InChI is InChI=1S/C17H26Cl2N4O3S.HI/c1-2-20-17(21-3-4-23-5-7-27(25,26)8-6-23)22-12-16(24)13-9-14(18)11-15(19)10-13;/h9-11,16,24H,2-8,12H2,1H3,(H2,20,21,22);1H. The summed E-state index contributed by atoms with van der Waals surface area (Å²) in [6.45, 7) is 5.29. The zero-order chi connectivity index (χ0) is 19.9. The maximum Gasteiger partial charge on any atom is 0.191 e. The first-order chi connectivity index (χ1) is 12.8. The van der Waals surface area contributed by atoms with Crippen molar-refractivity contribution < 1.29 is 13.5 Å². The summed E-state index contributed by atoms with van der Waals surface area (Å²) in [5.74, 6) is 1.03. The lowest BCUT2D eigenvalue weighted by Crippen LogP contribution is -2.46. The predicted octanol–water partition coefficient (Wildman–Crippen LogP) is 1.93. The van der Waals surface area contributed by atoms with Crippen molar-refractivity contribution in [2.75, 3.05) is 50.8 Å². The Hall–Kier alpha value is -0.330. The summed E-state index contributed by atoms with van der Waals surface area (Å²) in [6.07, 6.45) is -0.816. The van der Waals surface area contributed by atoms with Gasteiger partial charge in [0, 0.05) is 42.8 Å². The highest BCUT2D eigenvalue weighted by Gasteiger charge is 2.21. The van der Waals surface area contributed by atoms with Gasteiger partial charge in [-0.3, -0.25) is 9.89 Å². The zero-order valence-corrected chi connectivity index (χ0v) is 20.4. The molecular formula is C17H27Cl2IN4O3S. The van der Waals surface area contributed by atoms with E-state index in [0.29, 0.717) is 47.7 Å². The third-order valence-electron chi connectivity index (χ3n) is 4.19. The maximum atomic E-state index is 11.5. The second-order valence-electron chi connectivity index (χ2n) is 6.36. The average Bonchev–Trinajstić information content (AvgIpc) is 2.60. The van der Waals surface area contributed by atoms with Crippen molar-refractivity contribution in [1.82, 2.24) is 15.5 Å². The van der Waals surface area contributed by atoms with Gasteiger partial charge >= 0.3 is 0 Å². The van der Waals surface area contributed by atoms with Crippen molar-refractivity contribution in [3.05, 3.63) is 33.8 Å². The minimum Gasteiger partial charge on any atom is -0.386 e. The number of rotatable bonds is 7. The highest BCUT2D eigenvalue weighted by molar-refractivity contribution is 14.0. The normalized spacial score (nSPS) is 18.2. The molecule has 1 unspecified atom stereocenters. The maximum absolute atomic E-state index is 11.5. The Balaban J connectivity index is 0.00000392. The van der Waals surface area contributed by atoms with Crippen molar-refractivity contribution in [2.45, 2.75) is 13.0 Å². The van der Waals surface area contributed by atoms with Crippen LogP contribution in [0.5, 0.6) is 0 Å². The Bertz CT molecular complexity index is 731. The summed E-state index contributed by atoms with van der Waals surface area (Å²) >= 11 is 11.9. The number of aliphatic hydroxyl groups excluding tert-OH is 1. The monoisotopic (exact) mass is 564 g/mol. The highest BCUT2D eigenvalue weighted by Crippen LogP contribution is 2.23. The van der Waals surface area contributed by atoms with Crippen molar-refractivity contribution in [3.63, 3.8) is 0 Å². The molecule has 0 saturated carbocycles. The van der Waals surface area contributed by atoms with E-state index in [1.54, 1.807) is 18.2 Å². The molecule has 7 nitrogen and oxygen atoms in total. The Morgan fingerprint density at radius 1 is 1.21 bits per heavy atom. The molecule has 1 aromatic rings. The largest absolute Gasteiger partial charge is 0.386 e. The first kappa shape index (κ1) is 25.7. The van der Waals surface area contributed by atoms with Crippen LogP contribution in [0.25, 0.3) is 0 Å². The van der Waals surface area contributed by atoms with Gasteiger partial charge in [0.05, 0.1) is 24.2 Å². The molecule has 1 heterocycles. The first-order valence-electron chi connectivity index (χ1n) is 8.88. The summed E-state index contributed by atoms with van der Waals surface area (Å²) in [4.78, 5) is 6.51. The third-order valence-corrected chi connectivity index (χ3v) is 6.24. The number of aliphatic imine (C=N–C) groups is 1. The van der Waals surface area contributed by atoms with Gasteiger partial charge in [-0.1, -0.05) is 23.2 Å². The van der Waals surface area contributed by atoms with Crippen LogP contribution in [-0.4, -0.2) is 75.2 Å². The Kier molecular flexibility index (Phi) is 11.4. The summed E-state index contributed by atoms with van der Waals surface area (Å²) in [5.41, 5.74) is 0.613. The molecule has 160 valence electrons. The smallest absolute Gasteiger partial charge is 0.191 e. The molecule has 1 atom stereocenters. The number of hydrogen-bond acceptors (Lipinski definition) is 5. The SMILES string of the molecule is CCNC(=NCC(O)c1cc(Cl)cc(Cl)c1)NCCN1CCS(=O)(=O)CC1.I. The molecule has 3 N–H and O–H groups in total. The summed E-state index contributed by atoms with van der Waals surface area (Å²) in [6, 6.07) is 4.94. The molecule has 1 aliphatic rings. The van der Waals surface area contributed by atoms with Crippen LogP contribution in [0.1, 0.15) is 18.6 Å². The van der Waals surface area contributed by atoms with E-state index in [9.17, 15) is 13.5 Å². The first-order valence-corrected chi connectivity index (χ1v) is 11.5. The van der Waals surface area contributed by atoms with Gasteiger partial charge in [-0.2, -0.15) is 0 Å². The van der Waals surface area contributed by atoms with E-state index in [1.807, 2.05) is 6.92 Å². The van der Waals surface area contributed by atoms with Crippen LogP contribution in [0, 0.1) is 0 Å². The van der Waals surface area contributed by atoms with Crippen molar-refractivity contribution in [2.24, 2.45) is 4.99 Å². The molecule has 0 amide bonds. The molecule has 1 saturated heterocycles. The minimum absolute atomic E-state index is 0. The molecule has 0 bridgehead atoms. The van der Waals surface area contributed by atoms with Gasteiger partial charge in [-0.05, 0) is 30.7 Å². The fourth-order valence-electron chi connectivity index (χ4n) is 2.70. The predicted molar refractivity (Wildman–Crippen MR) is 126 cm³/mol. The zero-order valence-electron chi connectivity index (χ0n) is 15.7. The van der Waals surface area contributed by atoms with Crippen LogP contribution in [0.2, 0.25) is 10.0 Å². The van der Waals surface area contributed by atoms with Crippen LogP contribution >= 0.6 is 47.2 Å². The van der Waals surface area contributed by atoms with Gasteiger partial charge in [0.2, 0.25) is 0 Å². The number of nitrogens with one attached hydrogen (secondary N) is 2. The molecule has 11 heteroatoms. The summed E-state index contributed by atoms with van der Waals surface area (Å²) < 4.78 is 22.9. The molecule has 1 aromatic carbocycles. The number of sulfone groups is 1. The van der Waals surface area contributed by atoms with Crippen LogP contribution < -0.4 is 10.6 Å². The molecule has 1 fully saturated rings. The molecule has 0 aliphatic carbocycles. The topological polar surface area (TPSA) is 94.0 Å². The fourth-order valence-corrected chi connectivity index (χ4v) is 4.52. The van der Waals surface area contributed by atoms with E-state index < -0.39 is 15.9 Å². The quantitative estimate of drug-likeness (QED) is 0.266. The van der Waals surface area contributed by atoms with Crippen molar-refractivity contribution in [1.29, 1.82) is 0 Å². The van der Waals surface area contributed by atoms with E-state index in [4.69, 9.17) is 23.2 Å². The summed E-state index contributed by atoms with van der Waals surface area (Å²) in [7, 11) is -2.86. The molecule has 0 radical (unpaired) electrons. The lowest BCUT2D eigenvalue weighted by atomic mass is 10.1. The molecule has 0 aromatic heterocycles. The number of guanidine groups is 1. The lowest BCUT2D eigenvalue weighted by molar-refractivity contribution is 0.187. The molecule has 2 rings (SSSR count).